The molecule has 0 N–H and O–H groups in total. The molecule has 1 aliphatic carbocycles. The number of hydrogen-bond acceptors (Lipinski definition) is 5. The van der Waals surface area contributed by atoms with E-state index in [9.17, 15) is 4.79 Å². The van der Waals surface area contributed by atoms with Gasteiger partial charge in [-0.3, -0.25) is 4.79 Å². The van der Waals surface area contributed by atoms with Crippen molar-refractivity contribution in [3.8, 4) is 0 Å². The van der Waals surface area contributed by atoms with Crippen molar-refractivity contribution < 1.29 is 9.53 Å². The molecule has 18 heavy (non-hydrogen) atoms. The summed E-state index contributed by atoms with van der Waals surface area (Å²) in [5.74, 6) is 0.671. The molecule has 100 valence electrons. The van der Waals surface area contributed by atoms with Crippen LogP contribution in [0.2, 0.25) is 0 Å². The Bertz CT molecular complexity index is 401. The van der Waals surface area contributed by atoms with Gasteiger partial charge in [0.25, 0.3) is 0 Å². The number of aromatic nitrogens is 1. The highest BCUT2D eigenvalue weighted by Gasteiger charge is 2.20. The Kier molecular flexibility index (Phi) is 4.58. The first kappa shape index (κ1) is 13.3. The molecule has 1 fully saturated rings. The summed E-state index contributed by atoms with van der Waals surface area (Å²) in [6, 6.07) is 0. The van der Waals surface area contributed by atoms with Crippen LogP contribution in [0.1, 0.15) is 31.4 Å². The first-order valence-corrected chi connectivity index (χ1v) is 7.29. The second-order valence-corrected chi connectivity index (χ2v) is 5.71. The maximum atomic E-state index is 11.1. The van der Waals surface area contributed by atoms with E-state index >= 15 is 0 Å². The van der Waals surface area contributed by atoms with Crippen LogP contribution in [0, 0.1) is 5.92 Å². The molecular weight excluding hydrogens is 248 g/mol. The normalized spacial score (nSPS) is 15.2. The van der Waals surface area contributed by atoms with Crippen LogP contribution in [0.3, 0.4) is 0 Å². The quantitative estimate of drug-likeness (QED) is 0.743. The number of esters is 1. The highest BCUT2D eigenvalue weighted by atomic mass is 32.1. The molecule has 0 bridgehead atoms. The van der Waals surface area contributed by atoms with E-state index in [1.165, 1.54) is 26.4 Å². The molecular formula is C13H20N2O2S. The average Bonchev–Trinajstić information content (AvgIpc) is 2.79. The van der Waals surface area contributed by atoms with E-state index in [4.69, 9.17) is 0 Å². The van der Waals surface area contributed by atoms with Crippen LogP contribution >= 0.6 is 11.3 Å². The Morgan fingerprint density at radius 3 is 3.00 bits per heavy atom. The van der Waals surface area contributed by atoms with Crippen LogP contribution in [0.25, 0.3) is 0 Å². The largest absolute Gasteiger partial charge is 0.469 e. The Morgan fingerprint density at radius 1 is 1.61 bits per heavy atom. The monoisotopic (exact) mass is 268 g/mol. The van der Waals surface area contributed by atoms with Crippen LogP contribution in [0.5, 0.6) is 0 Å². The lowest BCUT2D eigenvalue weighted by Crippen LogP contribution is -2.29. The number of aryl methyl sites for hydroxylation is 1. The Morgan fingerprint density at radius 2 is 2.39 bits per heavy atom. The maximum Gasteiger partial charge on any atom is 0.305 e. The van der Waals surface area contributed by atoms with Gasteiger partial charge in [0.05, 0.1) is 19.2 Å². The summed E-state index contributed by atoms with van der Waals surface area (Å²) in [6.45, 7) is 1.10. The molecule has 0 unspecified atom stereocenters. The first-order valence-electron chi connectivity index (χ1n) is 6.41. The number of carbonyl (C=O) groups excluding carboxylic acids is 1. The molecule has 0 radical (unpaired) electrons. The fourth-order valence-corrected chi connectivity index (χ4v) is 2.90. The zero-order valence-electron chi connectivity index (χ0n) is 11.0. The van der Waals surface area contributed by atoms with Gasteiger partial charge in [0, 0.05) is 25.4 Å². The number of ether oxygens (including phenoxy) is 1. The topological polar surface area (TPSA) is 42.4 Å². The molecule has 1 aromatic heterocycles. The smallest absolute Gasteiger partial charge is 0.305 e. The van der Waals surface area contributed by atoms with Crippen molar-refractivity contribution in [2.75, 3.05) is 25.6 Å². The maximum absolute atomic E-state index is 11.1. The second-order valence-electron chi connectivity index (χ2n) is 4.88. The predicted molar refractivity (Wildman–Crippen MR) is 73.1 cm³/mol. The zero-order valence-corrected chi connectivity index (χ0v) is 11.8. The molecule has 4 nitrogen and oxygen atoms in total. The number of anilines is 1. The van der Waals surface area contributed by atoms with Gasteiger partial charge in [-0.1, -0.05) is 6.42 Å². The van der Waals surface area contributed by atoms with Gasteiger partial charge in [-0.15, -0.1) is 11.3 Å². The third-order valence-corrected chi connectivity index (χ3v) is 4.44. The second kappa shape index (κ2) is 6.18. The van der Waals surface area contributed by atoms with Crippen molar-refractivity contribution >= 4 is 22.4 Å². The lowest BCUT2D eigenvalue weighted by molar-refractivity contribution is -0.140. The fraction of sp³-hybridized carbons (Fsp3) is 0.692. The van der Waals surface area contributed by atoms with Crippen LogP contribution in [0.4, 0.5) is 5.13 Å². The Hall–Kier alpha value is -1.10. The molecule has 1 heterocycles. The van der Waals surface area contributed by atoms with Gasteiger partial charge in [-0.25, -0.2) is 4.98 Å². The molecule has 0 aromatic carbocycles. The van der Waals surface area contributed by atoms with E-state index in [2.05, 4.69) is 21.7 Å². The number of nitrogens with zero attached hydrogens (tertiary/aromatic N) is 2. The van der Waals surface area contributed by atoms with Crippen molar-refractivity contribution in [2.24, 2.45) is 5.92 Å². The summed E-state index contributed by atoms with van der Waals surface area (Å²) in [4.78, 5) is 17.9. The van der Waals surface area contributed by atoms with Crippen molar-refractivity contribution in [1.29, 1.82) is 0 Å². The van der Waals surface area contributed by atoms with Gasteiger partial charge in [0.2, 0.25) is 0 Å². The van der Waals surface area contributed by atoms with Crippen molar-refractivity contribution in [3.05, 3.63) is 11.1 Å². The van der Waals surface area contributed by atoms with Crippen molar-refractivity contribution in [3.63, 3.8) is 0 Å². The molecule has 0 spiro atoms. The molecule has 0 amide bonds. The lowest BCUT2D eigenvalue weighted by atomic mass is 9.85. The number of rotatable bonds is 6. The first-order chi connectivity index (χ1) is 8.69. The van der Waals surface area contributed by atoms with Gasteiger partial charge in [0.15, 0.2) is 5.13 Å². The van der Waals surface area contributed by atoms with Crippen LogP contribution < -0.4 is 4.90 Å². The van der Waals surface area contributed by atoms with Gasteiger partial charge < -0.3 is 9.64 Å². The van der Waals surface area contributed by atoms with Gasteiger partial charge in [-0.05, 0) is 18.8 Å². The van der Waals surface area contributed by atoms with E-state index in [0.29, 0.717) is 12.8 Å². The van der Waals surface area contributed by atoms with Crippen LogP contribution in [0.15, 0.2) is 5.38 Å². The summed E-state index contributed by atoms with van der Waals surface area (Å²) in [5, 5.41) is 3.09. The van der Waals surface area contributed by atoms with E-state index in [0.717, 1.165) is 23.3 Å². The summed E-state index contributed by atoms with van der Waals surface area (Å²) in [5.41, 5.74) is 0.987. The molecule has 0 saturated heterocycles. The van der Waals surface area contributed by atoms with Crippen LogP contribution in [-0.4, -0.2) is 31.7 Å². The van der Waals surface area contributed by atoms with Crippen molar-refractivity contribution in [1.82, 2.24) is 4.98 Å². The van der Waals surface area contributed by atoms with Gasteiger partial charge in [0.1, 0.15) is 0 Å². The Labute approximate surface area is 112 Å². The number of carbonyl (C=O) groups is 1. The minimum absolute atomic E-state index is 0.174. The number of hydrogen-bond donors (Lipinski definition) is 0. The minimum atomic E-state index is -0.174. The SMILES string of the molecule is COC(=O)CCc1csc(N(C)CC2CCC2)n1. The van der Waals surface area contributed by atoms with Gasteiger partial charge in [-0.2, -0.15) is 0 Å². The fourth-order valence-electron chi connectivity index (χ4n) is 2.06. The number of methoxy groups -OCH3 is 1. The lowest BCUT2D eigenvalue weighted by Gasteiger charge is -2.29. The third-order valence-electron chi connectivity index (χ3n) is 3.44. The average molecular weight is 268 g/mol. The molecule has 1 aromatic rings. The van der Waals surface area contributed by atoms with Crippen molar-refractivity contribution in [2.45, 2.75) is 32.1 Å². The number of thiazole rings is 1. The Balaban J connectivity index is 1.82. The molecule has 0 atom stereocenters. The molecule has 1 aliphatic rings. The summed E-state index contributed by atoms with van der Waals surface area (Å²) in [7, 11) is 3.52. The molecule has 5 heteroatoms. The molecule has 0 aliphatic heterocycles. The highest BCUT2D eigenvalue weighted by Crippen LogP contribution is 2.29. The summed E-state index contributed by atoms with van der Waals surface area (Å²) < 4.78 is 4.63. The third kappa shape index (κ3) is 3.45. The predicted octanol–water partition coefficient (Wildman–Crippen LogP) is 2.49. The molecule has 1 saturated carbocycles. The highest BCUT2D eigenvalue weighted by molar-refractivity contribution is 7.13. The molecule has 2 rings (SSSR count). The zero-order chi connectivity index (χ0) is 13.0. The van der Waals surface area contributed by atoms with E-state index in [-0.39, 0.29) is 5.97 Å². The van der Waals surface area contributed by atoms with E-state index < -0.39 is 0 Å². The standard InChI is InChI=1S/C13H20N2O2S/c1-15(8-10-4-3-5-10)13-14-11(9-18-13)6-7-12(16)17-2/h9-10H,3-8H2,1-2H3. The van der Waals surface area contributed by atoms with Gasteiger partial charge >= 0.3 is 5.97 Å². The summed E-state index contributed by atoms with van der Waals surface area (Å²) >= 11 is 1.66. The van der Waals surface area contributed by atoms with E-state index in [1.54, 1.807) is 11.3 Å². The summed E-state index contributed by atoms with van der Waals surface area (Å²) in [6.07, 6.45) is 5.16. The van der Waals surface area contributed by atoms with Crippen LogP contribution in [-0.2, 0) is 16.0 Å². The minimum Gasteiger partial charge on any atom is -0.469 e. The van der Waals surface area contributed by atoms with E-state index in [1.807, 2.05) is 5.38 Å².